The molecule has 0 saturated carbocycles. The lowest BCUT2D eigenvalue weighted by Crippen LogP contribution is -2.50. The molecule has 0 bridgehead atoms. The van der Waals surface area contributed by atoms with Crippen LogP contribution in [0.1, 0.15) is 13.3 Å². The van der Waals surface area contributed by atoms with Gasteiger partial charge in [-0.25, -0.2) is 0 Å². The quantitative estimate of drug-likeness (QED) is 0.696. The van der Waals surface area contributed by atoms with Crippen LogP contribution in [0.4, 0.5) is 0 Å². The van der Waals surface area contributed by atoms with E-state index < -0.39 is 0 Å². The van der Waals surface area contributed by atoms with E-state index in [1.54, 1.807) is 0 Å². The van der Waals surface area contributed by atoms with Gasteiger partial charge >= 0.3 is 5.97 Å². The largest absolute Gasteiger partial charge is 0.469 e. The molecule has 1 fully saturated rings. The minimum atomic E-state index is -0.120. The zero-order valence-electron chi connectivity index (χ0n) is 8.78. The van der Waals surface area contributed by atoms with E-state index in [4.69, 9.17) is 0 Å². The summed E-state index contributed by atoms with van der Waals surface area (Å²) < 4.78 is 4.60. The van der Waals surface area contributed by atoms with Crippen LogP contribution in [0.3, 0.4) is 0 Å². The zero-order chi connectivity index (χ0) is 9.68. The molecule has 0 aliphatic carbocycles. The highest BCUT2D eigenvalue weighted by molar-refractivity contribution is 5.85. The zero-order valence-corrected chi connectivity index (χ0v) is 9.60. The highest BCUT2D eigenvalue weighted by Gasteiger charge is 2.18. The summed E-state index contributed by atoms with van der Waals surface area (Å²) in [5.41, 5.74) is 0. The van der Waals surface area contributed by atoms with E-state index in [2.05, 4.69) is 21.9 Å². The topological polar surface area (TPSA) is 41.6 Å². The summed E-state index contributed by atoms with van der Waals surface area (Å²) in [5.74, 6) is -0.120. The number of ether oxygens (including phenoxy) is 1. The van der Waals surface area contributed by atoms with Crippen molar-refractivity contribution >= 4 is 18.4 Å². The van der Waals surface area contributed by atoms with Gasteiger partial charge in [0.05, 0.1) is 13.5 Å². The van der Waals surface area contributed by atoms with E-state index >= 15 is 0 Å². The summed E-state index contributed by atoms with van der Waals surface area (Å²) in [6, 6.07) is 0.526. The van der Waals surface area contributed by atoms with E-state index in [0.29, 0.717) is 12.5 Å². The van der Waals surface area contributed by atoms with Gasteiger partial charge in [0, 0.05) is 32.2 Å². The summed E-state index contributed by atoms with van der Waals surface area (Å²) in [5, 5.41) is 3.31. The second kappa shape index (κ2) is 7.04. The van der Waals surface area contributed by atoms with Crippen molar-refractivity contribution in [3.8, 4) is 0 Å². The van der Waals surface area contributed by atoms with E-state index in [9.17, 15) is 4.79 Å². The van der Waals surface area contributed by atoms with Crippen LogP contribution in [0.5, 0.6) is 0 Å². The Hall–Kier alpha value is -0.320. The van der Waals surface area contributed by atoms with E-state index in [-0.39, 0.29) is 18.4 Å². The van der Waals surface area contributed by atoms with Gasteiger partial charge in [-0.1, -0.05) is 0 Å². The first-order valence-electron chi connectivity index (χ1n) is 4.75. The molecule has 1 aliphatic rings. The molecule has 5 heteroatoms. The maximum atomic E-state index is 10.9. The van der Waals surface area contributed by atoms with Crippen molar-refractivity contribution in [2.24, 2.45) is 0 Å². The predicted octanol–water partition coefficient (Wildman–Crippen LogP) is 0.265. The van der Waals surface area contributed by atoms with Gasteiger partial charge in [-0.2, -0.15) is 0 Å². The standard InChI is InChI=1S/C9H18N2O2.ClH/c1-8-7-10-4-6-11(8)5-3-9(12)13-2;/h8,10H,3-7H2,1-2H3;1H. The van der Waals surface area contributed by atoms with Crippen LogP contribution >= 0.6 is 12.4 Å². The van der Waals surface area contributed by atoms with Gasteiger partial charge in [-0.15, -0.1) is 12.4 Å². The maximum Gasteiger partial charge on any atom is 0.306 e. The number of hydrogen-bond acceptors (Lipinski definition) is 4. The summed E-state index contributed by atoms with van der Waals surface area (Å²) in [4.78, 5) is 13.2. The molecule has 1 heterocycles. The Bertz CT molecular complexity index is 178. The van der Waals surface area contributed by atoms with Crippen LogP contribution in [0.2, 0.25) is 0 Å². The van der Waals surface area contributed by atoms with Crippen molar-refractivity contribution < 1.29 is 9.53 Å². The monoisotopic (exact) mass is 222 g/mol. The minimum Gasteiger partial charge on any atom is -0.469 e. The molecule has 0 radical (unpaired) electrons. The van der Waals surface area contributed by atoms with Crippen molar-refractivity contribution in [3.05, 3.63) is 0 Å². The Morgan fingerprint density at radius 2 is 2.36 bits per heavy atom. The molecule has 1 aliphatic heterocycles. The van der Waals surface area contributed by atoms with E-state index in [1.165, 1.54) is 7.11 Å². The normalized spacial score (nSPS) is 22.6. The first-order chi connectivity index (χ1) is 6.24. The molecule has 1 atom stereocenters. The summed E-state index contributed by atoms with van der Waals surface area (Å²) in [6.07, 6.45) is 0.501. The molecule has 1 saturated heterocycles. The molecule has 0 aromatic rings. The predicted molar refractivity (Wildman–Crippen MR) is 57.8 cm³/mol. The van der Waals surface area contributed by atoms with Gasteiger partial charge in [-0.05, 0) is 6.92 Å². The van der Waals surface area contributed by atoms with Crippen molar-refractivity contribution in [1.29, 1.82) is 0 Å². The van der Waals surface area contributed by atoms with Crippen LogP contribution in [-0.2, 0) is 9.53 Å². The number of nitrogens with zero attached hydrogens (tertiary/aromatic N) is 1. The Labute approximate surface area is 91.4 Å². The molecule has 0 spiro atoms. The van der Waals surface area contributed by atoms with Crippen molar-refractivity contribution in [1.82, 2.24) is 10.2 Å². The molecule has 84 valence electrons. The smallest absolute Gasteiger partial charge is 0.306 e. The van der Waals surface area contributed by atoms with Gasteiger partial charge < -0.3 is 10.1 Å². The Balaban J connectivity index is 0.00000169. The SMILES string of the molecule is COC(=O)CCN1CCNCC1C.Cl. The molecule has 0 aromatic heterocycles. The fourth-order valence-corrected chi connectivity index (χ4v) is 1.55. The number of carbonyl (C=O) groups excluding carboxylic acids is 1. The van der Waals surface area contributed by atoms with Gasteiger partial charge in [0.1, 0.15) is 0 Å². The molecule has 14 heavy (non-hydrogen) atoms. The van der Waals surface area contributed by atoms with Crippen molar-refractivity contribution in [2.45, 2.75) is 19.4 Å². The average Bonchev–Trinajstić information content (AvgIpc) is 2.16. The van der Waals surface area contributed by atoms with Crippen LogP contribution in [-0.4, -0.2) is 50.2 Å². The molecule has 1 rings (SSSR count). The maximum absolute atomic E-state index is 10.9. The molecule has 0 aromatic carbocycles. The highest BCUT2D eigenvalue weighted by atomic mass is 35.5. The lowest BCUT2D eigenvalue weighted by atomic mass is 10.2. The van der Waals surface area contributed by atoms with Crippen LogP contribution < -0.4 is 5.32 Å². The number of nitrogens with one attached hydrogen (secondary N) is 1. The van der Waals surface area contributed by atoms with E-state index in [0.717, 1.165) is 26.2 Å². The third kappa shape index (κ3) is 4.26. The van der Waals surface area contributed by atoms with Crippen molar-refractivity contribution in [2.75, 3.05) is 33.3 Å². The average molecular weight is 223 g/mol. The van der Waals surface area contributed by atoms with Crippen molar-refractivity contribution in [3.63, 3.8) is 0 Å². The fourth-order valence-electron chi connectivity index (χ4n) is 1.55. The molecule has 1 N–H and O–H groups in total. The summed E-state index contributed by atoms with van der Waals surface area (Å²) in [6.45, 7) is 6.05. The van der Waals surface area contributed by atoms with Crippen LogP contribution in [0.15, 0.2) is 0 Å². The number of carbonyl (C=O) groups is 1. The number of halogens is 1. The third-order valence-corrected chi connectivity index (χ3v) is 2.47. The molecule has 0 amide bonds. The first-order valence-corrected chi connectivity index (χ1v) is 4.75. The van der Waals surface area contributed by atoms with Gasteiger partial charge in [-0.3, -0.25) is 9.69 Å². The number of hydrogen-bond donors (Lipinski definition) is 1. The Kier molecular flexibility index (Phi) is 6.87. The lowest BCUT2D eigenvalue weighted by molar-refractivity contribution is -0.141. The van der Waals surface area contributed by atoms with Gasteiger partial charge in [0.25, 0.3) is 0 Å². The lowest BCUT2D eigenvalue weighted by Gasteiger charge is -2.33. The highest BCUT2D eigenvalue weighted by Crippen LogP contribution is 2.03. The van der Waals surface area contributed by atoms with Gasteiger partial charge in [0.2, 0.25) is 0 Å². The number of piperazine rings is 1. The third-order valence-electron chi connectivity index (χ3n) is 2.47. The number of rotatable bonds is 3. The second-order valence-corrected chi connectivity index (χ2v) is 3.42. The minimum absolute atomic E-state index is 0. The molecular weight excluding hydrogens is 204 g/mol. The van der Waals surface area contributed by atoms with E-state index in [1.807, 2.05) is 0 Å². The first kappa shape index (κ1) is 13.7. The van der Waals surface area contributed by atoms with Crippen LogP contribution in [0, 0.1) is 0 Å². The number of esters is 1. The summed E-state index contributed by atoms with van der Waals surface area (Å²) in [7, 11) is 1.43. The number of methoxy groups -OCH3 is 1. The second-order valence-electron chi connectivity index (χ2n) is 3.42. The molecule has 4 nitrogen and oxygen atoms in total. The Morgan fingerprint density at radius 3 is 2.93 bits per heavy atom. The fraction of sp³-hybridized carbons (Fsp3) is 0.889. The molecule has 1 unspecified atom stereocenters. The van der Waals surface area contributed by atoms with Gasteiger partial charge in [0.15, 0.2) is 0 Å². The summed E-state index contributed by atoms with van der Waals surface area (Å²) >= 11 is 0. The Morgan fingerprint density at radius 1 is 1.64 bits per heavy atom. The van der Waals surface area contributed by atoms with Crippen LogP contribution in [0.25, 0.3) is 0 Å². The molecular formula is C9H19ClN2O2.